The molecule has 0 aromatic heterocycles. The molecule has 0 spiro atoms. The maximum absolute atomic E-state index is 8.79. The van der Waals surface area contributed by atoms with Gasteiger partial charge in [-0.25, -0.2) is 0 Å². The fraction of sp³-hybridized carbons (Fsp3) is 0.0714. The van der Waals surface area contributed by atoms with E-state index in [1.54, 1.807) is 25.3 Å². The van der Waals surface area contributed by atoms with Crippen molar-refractivity contribution >= 4 is 38.9 Å². The van der Waals surface area contributed by atoms with Gasteiger partial charge in [0, 0.05) is 11.8 Å². The van der Waals surface area contributed by atoms with Crippen LogP contribution in [0.5, 0.6) is 5.75 Å². The van der Waals surface area contributed by atoms with Crippen LogP contribution in [-0.4, -0.2) is 7.11 Å². The molecule has 0 aliphatic carbocycles. The number of benzene rings is 2. The topological polar surface area (TPSA) is 45.0 Å². The number of rotatable bonds is 3. The van der Waals surface area contributed by atoms with Crippen LogP contribution >= 0.6 is 27.5 Å². The van der Waals surface area contributed by atoms with Crippen LogP contribution in [-0.2, 0) is 0 Å². The van der Waals surface area contributed by atoms with Crippen LogP contribution in [0.15, 0.2) is 40.9 Å². The Morgan fingerprint density at radius 2 is 2.05 bits per heavy atom. The van der Waals surface area contributed by atoms with Crippen molar-refractivity contribution in [3.05, 3.63) is 51.5 Å². The smallest absolute Gasteiger partial charge is 0.135 e. The van der Waals surface area contributed by atoms with Crippen LogP contribution in [0.1, 0.15) is 5.56 Å². The lowest BCUT2D eigenvalue weighted by Crippen LogP contribution is -1.93. The van der Waals surface area contributed by atoms with E-state index in [0.29, 0.717) is 10.6 Å². The molecule has 0 aliphatic rings. The van der Waals surface area contributed by atoms with Crippen molar-refractivity contribution < 1.29 is 4.74 Å². The molecule has 96 valence electrons. The summed E-state index contributed by atoms with van der Waals surface area (Å²) in [5.74, 6) is 0.731. The van der Waals surface area contributed by atoms with E-state index in [1.807, 2.05) is 24.3 Å². The quantitative estimate of drug-likeness (QED) is 0.881. The lowest BCUT2D eigenvalue weighted by molar-refractivity contribution is 0.412. The van der Waals surface area contributed by atoms with Gasteiger partial charge >= 0.3 is 0 Å². The highest BCUT2D eigenvalue weighted by Gasteiger charge is 2.05. The Kier molecular flexibility index (Phi) is 4.31. The second-order valence-electron chi connectivity index (χ2n) is 3.78. The summed E-state index contributed by atoms with van der Waals surface area (Å²) in [5, 5.41) is 12.5. The van der Waals surface area contributed by atoms with Crippen LogP contribution in [0.4, 0.5) is 11.4 Å². The summed E-state index contributed by atoms with van der Waals surface area (Å²) in [6, 6.07) is 12.8. The summed E-state index contributed by atoms with van der Waals surface area (Å²) in [6.45, 7) is 0. The number of hydrogen-bond acceptors (Lipinski definition) is 3. The van der Waals surface area contributed by atoms with E-state index in [4.69, 9.17) is 21.6 Å². The maximum Gasteiger partial charge on any atom is 0.135 e. The molecule has 1 N–H and O–H groups in total. The predicted octanol–water partition coefficient (Wildman–Crippen LogP) is 4.73. The third-order valence-corrected chi connectivity index (χ3v) is 3.50. The largest absolute Gasteiger partial charge is 0.495 e. The molecule has 0 radical (unpaired) electrons. The Labute approximate surface area is 124 Å². The van der Waals surface area contributed by atoms with Crippen molar-refractivity contribution in [1.82, 2.24) is 0 Å². The van der Waals surface area contributed by atoms with E-state index in [1.165, 1.54) is 0 Å². The van der Waals surface area contributed by atoms with Crippen LogP contribution < -0.4 is 10.1 Å². The summed E-state index contributed by atoms with van der Waals surface area (Å²) in [7, 11) is 1.61. The van der Waals surface area contributed by atoms with Gasteiger partial charge < -0.3 is 10.1 Å². The zero-order valence-electron chi connectivity index (χ0n) is 10.1. The fourth-order valence-corrected chi connectivity index (χ4v) is 2.22. The molecule has 0 atom stereocenters. The molecule has 0 saturated heterocycles. The third kappa shape index (κ3) is 3.19. The Hall–Kier alpha value is -1.70. The lowest BCUT2D eigenvalue weighted by Gasteiger charge is -2.11. The van der Waals surface area contributed by atoms with Crippen molar-refractivity contribution in [1.29, 1.82) is 5.26 Å². The van der Waals surface area contributed by atoms with Gasteiger partial charge in [0.05, 0.1) is 33.9 Å². The number of halogens is 2. The molecule has 0 bridgehead atoms. The summed E-state index contributed by atoms with van der Waals surface area (Å²) in [5.41, 5.74) is 2.13. The van der Waals surface area contributed by atoms with Crippen molar-refractivity contribution in [2.45, 2.75) is 0 Å². The molecule has 3 nitrogen and oxygen atoms in total. The average molecular weight is 338 g/mol. The Morgan fingerprint density at radius 3 is 2.68 bits per heavy atom. The maximum atomic E-state index is 8.79. The van der Waals surface area contributed by atoms with E-state index in [-0.39, 0.29) is 0 Å². The number of nitrogens with zero attached hydrogens (tertiary/aromatic N) is 1. The summed E-state index contributed by atoms with van der Waals surface area (Å²) >= 11 is 9.50. The number of nitrogens with one attached hydrogen (secondary N) is 1. The van der Waals surface area contributed by atoms with Gasteiger partial charge in [-0.15, -0.1) is 0 Å². The standard InChI is InChI=1S/C14H10BrClN2O/c1-19-14-7-10(3-4-11(14)15)18-13-5-2-9(8-17)6-12(13)16/h2-7,18H,1H3. The number of ether oxygens (including phenoxy) is 1. The minimum atomic E-state index is 0.501. The lowest BCUT2D eigenvalue weighted by atomic mass is 10.2. The molecule has 19 heavy (non-hydrogen) atoms. The summed E-state index contributed by atoms with van der Waals surface area (Å²) in [4.78, 5) is 0. The second kappa shape index (κ2) is 5.96. The molecule has 0 unspecified atom stereocenters. The summed E-state index contributed by atoms with van der Waals surface area (Å²) in [6.07, 6.45) is 0. The first-order valence-corrected chi connectivity index (χ1v) is 6.61. The number of anilines is 2. The molecule has 5 heteroatoms. The summed E-state index contributed by atoms with van der Waals surface area (Å²) < 4.78 is 6.11. The van der Waals surface area contributed by atoms with Crippen molar-refractivity contribution in [3.63, 3.8) is 0 Å². The molecule has 0 amide bonds. The minimum absolute atomic E-state index is 0.501. The SMILES string of the molecule is COc1cc(Nc2ccc(C#N)cc2Cl)ccc1Br. The van der Waals surface area contributed by atoms with Gasteiger partial charge in [0.1, 0.15) is 5.75 Å². The van der Waals surface area contributed by atoms with E-state index in [0.717, 1.165) is 21.6 Å². The molecule has 2 aromatic rings. The highest BCUT2D eigenvalue weighted by atomic mass is 79.9. The number of methoxy groups -OCH3 is 1. The van der Waals surface area contributed by atoms with Gasteiger partial charge in [-0.05, 0) is 46.3 Å². The highest BCUT2D eigenvalue weighted by molar-refractivity contribution is 9.10. The third-order valence-electron chi connectivity index (χ3n) is 2.53. The highest BCUT2D eigenvalue weighted by Crippen LogP contribution is 2.31. The Bertz CT molecular complexity index is 652. The van der Waals surface area contributed by atoms with Gasteiger partial charge in [-0.3, -0.25) is 0 Å². The van der Waals surface area contributed by atoms with Crippen LogP contribution in [0.2, 0.25) is 5.02 Å². The van der Waals surface area contributed by atoms with Crippen LogP contribution in [0.3, 0.4) is 0 Å². The molecule has 2 rings (SSSR count). The second-order valence-corrected chi connectivity index (χ2v) is 5.04. The molecule has 0 fully saturated rings. The van der Waals surface area contributed by atoms with Gasteiger partial charge in [0.2, 0.25) is 0 Å². The van der Waals surface area contributed by atoms with Gasteiger partial charge in [-0.2, -0.15) is 5.26 Å². The van der Waals surface area contributed by atoms with Crippen LogP contribution in [0, 0.1) is 11.3 Å². The molecule has 0 aliphatic heterocycles. The fourth-order valence-electron chi connectivity index (χ4n) is 1.58. The molecule has 0 heterocycles. The molecule has 0 saturated carbocycles. The van der Waals surface area contributed by atoms with Crippen molar-refractivity contribution in [2.24, 2.45) is 0 Å². The average Bonchev–Trinajstić information content (AvgIpc) is 2.43. The van der Waals surface area contributed by atoms with E-state index in [2.05, 4.69) is 21.2 Å². The van der Waals surface area contributed by atoms with E-state index >= 15 is 0 Å². The van der Waals surface area contributed by atoms with Crippen molar-refractivity contribution in [3.8, 4) is 11.8 Å². The predicted molar refractivity (Wildman–Crippen MR) is 80.1 cm³/mol. The van der Waals surface area contributed by atoms with Gasteiger partial charge in [0.15, 0.2) is 0 Å². The molecular formula is C14H10BrClN2O. The zero-order chi connectivity index (χ0) is 13.8. The Balaban J connectivity index is 2.29. The number of hydrogen-bond donors (Lipinski definition) is 1. The van der Waals surface area contributed by atoms with E-state index < -0.39 is 0 Å². The first-order chi connectivity index (χ1) is 9.13. The number of nitriles is 1. The van der Waals surface area contributed by atoms with Gasteiger partial charge in [-0.1, -0.05) is 11.6 Å². The first-order valence-electron chi connectivity index (χ1n) is 5.44. The monoisotopic (exact) mass is 336 g/mol. The minimum Gasteiger partial charge on any atom is -0.495 e. The normalized spacial score (nSPS) is 9.79. The van der Waals surface area contributed by atoms with E-state index in [9.17, 15) is 0 Å². The molecule has 2 aromatic carbocycles. The molecular weight excluding hydrogens is 328 g/mol. The zero-order valence-corrected chi connectivity index (χ0v) is 12.4. The van der Waals surface area contributed by atoms with Gasteiger partial charge in [0.25, 0.3) is 0 Å². The van der Waals surface area contributed by atoms with Crippen molar-refractivity contribution in [2.75, 3.05) is 12.4 Å². The van der Waals surface area contributed by atoms with Crippen LogP contribution in [0.25, 0.3) is 0 Å². The first kappa shape index (κ1) is 13.7. The Morgan fingerprint density at radius 1 is 1.26 bits per heavy atom.